The third-order valence-electron chi connectivity index (χ3n) is 3.84. The number of esters is 1. The molecule has 144 valence electrons. The summed E-state index contributed by atoms with van der Waals surface area (Å²) in [6.07, 6.45) is 0.621. The van der Waals surface area contributed by atoms with E-state index in [4.69, 9.17) is 16.3 Å². The molecule has 0 aliphatic heterocycles. The van der Waals surface area contributed by atoms with Crippen molar-refractivity contribution in [3.8, 4) is 0 Å². The van der Waals surface area contributed by atoms with Crippen LogP contribution in [0.25, 0.3) is 0 Å². The highest BCUT2D eigenvalue weighted by atomic mass is 35.5. The van der Waals surface area contributed by atoms with Crippen molar-refractivity contribution in [2.75, 3.05) is 18.5 Å². The van der Waals surface area contributed by atoms with Crippen LogP contribution in [0.4, 0.5) is 5.00 Å². The van der Waals surface area contributed by atoms with Crippen LogP contribution in [0.2, 0.25) is 5.02 Å². The SMILES string of the molecule is CC(=O)Nc1sc(C)c(C)c1C(=O)OCC(=O)NCCc1cccc(Cl)c1. The molecule has 2 N–H and O–H groups in total. The highest BCUT2D eigenvalue weighted by molar-refractivity contribution is 7.16. The van der Waals surface area contributed by atoms with Crippen LogP contribution in [0, 0.1) is 13.8 Å². The van der Waals surface area contributed by atoms with E-state index in [0.29, 0.717) is 28.6 Å². The van der Waals surface area contributed by atoms with Crippen LogP contribution in [0.3, 0.4) is 0 Å². The van der Waals surface area contributed by atoms with Crippen LogP contribution < -0.4 is 10.6 Å². The Bertz CT molecular complexity index is 863. The molecule has 0 aliphatic carbocycles. The molecule has 2 aromatic rings. The zero-order chi connectivity index (χ0) is 20.0. The Hall–Kier alpha value is -2.38. The standard InChI is InChI=1S/C19H21ClN2O4S/c1-11-12(2)27-18(22-13(3)23)17(11)19(25)26-10-16(24)21-8-7-14-5-4-6-15(20)9-14/h4-6,9H,7-8,10H2,1-3H3,(H,21,24)(H,22,23). The number of halogens is 1. The zero-order valence-electron chi connectivity index (χ0n) is 15.3. The molecule has 0 saturated carbocycles. The van der Waals surface area contributed by atoms with E-state index < -0.39 is 11.9 Å². The summed E-state index contributed by atoms with van der Waals surface area (Å²) in [7, 11) is 0. The van der Waals surface area contributed by atoms with Crippen LogP contribution >= 0.6 is 22.9 Å². The van der Waals surface area contributed by atoms with Gasteiger partial charge in [0.15, 0.2) is 6.61 Å². The largest absolute Gasteiger partial charge is 0.452 e. The smallest absolute Gasteiger partial charge is 0.341 e. The van der Waals surface area contributed by atoms with Crippen molar-refractivity contribution in [1.82, 2.24) is 5.32 Å². The van der Waals surface area contributed by atoms with E-state index in [2.05, 4.69) is 10.6 Å². The molecule has 1 aromatic heterocycles. The zero-order valence-corrected chi connectivity index (χ0v) is 16.9. The average Bonchev–Trinajstić information content (AvgIpc) is 2.86. The van der Waals surface area contributed by atoms with E-state index in [1.165, 1.54) is 18.3 Å². The number of hydrogen-bond acceptors (Lipinski definition) is 5. The molecule has 0 atom stereocenters. The molecule has 0 radical (unpaired) electrons. The summed E-state index contributed by atoms with van der Waals surface area (Å²) in [5.41, 5.74) is 2.03. The molecular weight excluding hydrogens is 388 g/mol. The monoisotopic (exact) mass is 408 g/mol. The van der Waals surface area contributed by atoms with Crippen LogP contribution in [0.1, 0.15) is 33.3 Å². The number of thiophene rings is 1. The maximum atomic E-state index is 12.4. The molecule has 1 aromatic carbocycles. The van der Waals surface area contributed by atoms with Gasteiger partial charge in [-0.2, -0.15) is 0 Å². The van der Waals surface area contributed by atoms with Crippen LogP contribution in [0.5, 0.6) is 0 Å². The molecular formula is C19H21ClN2O4S. The fourth-order valence-corrected chi connectivity index (χ4v) is 3.72. The van der Waals surface area contributed by atoms with Crippen LogP contribution in [0.15, 0.2) is 24.3 Å². The van der Waals surface area contributed by atoms with Crippen molar-refractivity contribution in [2.45, 2.75) is 27.2 Å². The molecule has 0 aliphatic rings. The Morgan fingerprint density at radius 2 is 1.96 bits per heavy atom. The van der Waals surface area contributed by atoms with Gasteiger partial charge in [-0.3, -0.25) is 9.59 Å². The summed E-state index contributed by atoms with van der Waals surface area (Å²) in [4.78, 5) is 36.5. The number of nitrogens with one attached hydrogen (secondary N) is 2. The number of anilines is 1. The number of ether oxygens (including phenoxy) is 1. The fourth-order valence-electron chi connectivity index (χ4n) is 2.41. The second kappa shape index (κ2) is 9.53. The summed E-state index contributed by atoms with van der Waals surface area (Å²) in [5, 5.41) is 6.40. The summed E-state index contributed by atoms with van der Waals surface area (Å²) >= 11 is 7.22. The first-order valence-electron chi connectivity index (χ1n) is 8.33. The van der Waals surface area contributed by atoms with Gasteiger partial charge in [-0.05, 0) is 43.5 Å². The second-order valence-electron chi connectivity index (χ2n) is 5.97. The van der Waals surface area contributed by atoms with Crippen molar-refractivity contribution in [2.24, 2.45) is 0 Å². The fraction of sp³-hybridized carbons (Fsp3) is 0.316. The third-order valence-corrected chi connectivity index (χ3v) is 5.20. The highest BCUT2D eigenvalue weighted by Gasteiger charge is 2.22. The lowest BCUT2D eigenvalue weighted by Gasteiger charge is -2.08. The van der Waals surface area contributed by atoms with E-state index >= 15 is 0 Å². The second-order valence-corrected chi connectivity index (χ2v) is 7.64. The normalized spacial score (nSPS) is 10.4. The number of aryl methyl sites for hydroxylation is 1. The molecule has 2 amide bonds. The summed E-state index contributed by atoms with van der Waals surface area (Å²) in [6.45, 7) is 5.02. The minimum Gasteiger partial charge on any atom is -0.452 e. The van der Waals surface area contributed by atoms with Gasteiger partial charge in [0.2, 0.25) is 5.91 Å². The van der Waals surface area contributed by atoms with E-state index in [1.54, 1.807) is 13.0 Å². The quantitative estimate of drug-likeness (QED) is 0.687. The number of carbonyl (C=O) groups excluding carboxylic acids is 3. The highest BCUT2D eigenvalue weighted by Crippen LogP contribution is 2.32. The lowest BCUT2D eigenvalue weighted by atomic mass is 10.1. The Morgan fingerprint density at radius 3 is 2.63 bits per heavy atom. The third kappa shape index (κ3) is 6.08. The Morgan fingerprint density at radius 1 is 1.22 bits per heavy atom. The first kappa shape index (κ1) is 20.9. The van der Waals surface area contributed by atoms with E-state index in [1.807, 2.05) is 25.1 Å². The molecule has 6 nitrogen and oxygen atoms in total. The Balaban J connectivity index is 1.86. The van der Waals surface area contributed by atoms with Crippen molar-refractivity contribution >= 4 is 45.7 Å². The number of hydrogen-bond donors (Lipinski definition) is 2. The van der Waals surface area contributed by atoms with E-state index in [0.717, 1.165) is 16.0 Å². The average molecular weight is 409 g/mol. The molecule has 2 rings (SSSR count). The van der Waals surface area contributed by atoms with Gasteiger partial charge in [0.05, 0.1) is 5.56 Å². The first-order valence-corrected chi connectivity index (χ1v) is 9.53. The summed E-state index contributed by atoms with van der Waals surface area (Å²) in [6, 6.07) is 7.38. The molecule has 0 unspecified atom stereocenters. The Kier molecular flexibility index (Phi) is 7.38. The van der Waals surface area contributed by atoms with Crippen molar-refractivity contribution in [3.63, 3.8) is 0 Å². The van der Waals surface area contributed by atoms with Crippen molar-refractivity contribution in [1.29, 1.82) is 0 Å². The van der Waals surface area contributed by atoms with Crippen molar-refractivity contribution < 1.29 is 19.1 Å². The molecule has 0 spiro atoms. The van der Waals surface area contributed by atoms with Gasteiger partial charge >= 0.3 is 5.97 Å². The maximum absolute atomic E-state index is 12.4. The van der Waals surface area contributed by atoms with Gasteiger partial charge in [0, 0.05) is 23.4 Å². The molecule has 27 heavy (non-hydrogen) atoms. The topological polar surface area (TPSA) is 84.5 Å². The van der Waals surface area contributed by atoms with Gasteiger partial charge in [-0.25, -0.2) is 4.79 Å². The molecule has 0 bridgehead atoms. The minimum atomic E-state index is -0.634. The predicted octanol–water partition coefficient (Wildman–Crippen LogP) is 3.49. The van der Waals surface area contributed by atoms with E-state index in [-0.39, 0.29) is 12.5 Å². The Labute approximate surface area is 166 Å². The maximum Gasteiger partial charge on any atom is 0.341 e. The minimum absolute atomic E-state index is 0.274. The van der Waals surface area contributed by atoms with Gasteiger partial charge in [0.1, 0.15) is 5.00 Å². The lowest BCUT2D eigenvalue weighted by molar-refractivity contribution is -0.124. The van der Waals surface area contributed by atoms with Crippen LogP contribution in [-0.2, 0) is 20.7 Å². The van der Waals surface area contributed by atoms with Gasteiger partial charge in [-0.1, -0.05) is 23.7 Å². The van der Waals surface area contributed by atoms with Gasteiger partial charge in [0.25, 0.3) is 5.91 Å². The predicted molar refractivity (Wildman–Crippen MR) is 107 cm³/mol. The number of benzene rings is 1. The number of rotatable bonds is 7. The molecule has 0 saturated heterocycles. The molecule has 1 heterocycles. The van der Waals surface area contributed by atoms with Gasteiger partial charge in [-0.15, -0.1) is 11.3 Å². The first-order chi connectivity index (χ1) is 12.8. The van der Waals surface area contributed by atoms with E-state index in [9.17, 15) is 14.4 Å². The lowest BCUT2D eigenvalue weighted by Crippen LogP contribution is -2.30. The summed E-state index contributed by atoms with van der Waals surface area (Å²) < 4.78 is 5.11. The van der Waals surface area contributed by atoms with Gasteiger partial charge < -0.3 is 15.4 Å². The van der Waals surface area contributed by atoms with Crippen LogP contribution in [-0.4, -0.2) is 30.9 Å². The molecule has 8 heteroatoms. The number of carbonyl (C=O) groups is 3. The van der Waals surface area contributed by atoms with Crippen molar-refractivity contribution in [3.05, 3.63) is 50.9 Å². The summed E-state index contributed by atoms with van der Waals surface area (Å²) in [5.74, 6) is -1.30. The molecule has 0 fully saturated rings. The number of amides is 2.